The monoisotopic (exact) mass is 1510 g/mol. The number of carboxylic acid groups (broad SMARTS) is 1. The summed E-state index contributed by atoms with van der Waals surface area (Å²) in [7, 11) is 9.56. The highest BCUT2D eigenvalue weighted by atomic mass is 19.1. The number of likely N-dealkylation sites (tertiary alicyclic amines) is 2. The number of carboxylic acids is 1. The first kappa shape index (κ1) is 84.6. The van der Waals surface area contributed by atoms with Crippen molar-refractivity contribution in [2.45, 2.75) is 148 Å². The second-order valence-corrected chi connectivity index (χ2v) is 27.9. The lowest BCUT2D eigenvalue weighted by Gasteiger charge is -2.35. The molecule has 4 aromatic carbocycles. The van der Waals surface area contributed by atoms with Crippen molar-refractivity contribution in [1.82, 2.24) is 63.8 Å². The number of aromatic carboxylic acids is 1. The minimum Gasteiger partial charge on any atom is -0.489 e. The van der Waals surface area contributed by atoms with E-state index < -0.39 is 95.7 Å². The van der Waals surface area contributed by atoms with Gasteiger partial charge in [-0.2, -0.15) is 0 Å². The molecule has 7 amide bonds. The number of carbonyl (C=O) groups is 8. The Bertz CT molecular complexity index is 4120. The van der Waals surface area contributed by atoms with Crippen LogP contribution in [-0.4, -0.2) is 227 Å². The van der Waals surface area contributed by atoms with Crippen molar-refractivity contribution >= 4 is 47.5 Å². The first-order chi connectivity index (χ1) is 51.1. The van der Waals surface area contributed by atoms with E-state index >= 15 is 0 Å². The van der Waals surface area contributed by atoms with Gasteiger partial charge in [-0.3, -0.25) is 33.7 Å². The molecule has 0 saturated carbocycles. The van der Waals surface area contributed by atoms with E-state index in [4.69, 9.17) is 28.8 Å². The van der Waals surface area contributed by atoms with Crippen molar-refractivity contribution in [3.8, 4) is 11.5 Å². The van der Waals surface area contributed by atoms with Gasteiger partial charge in [0.05, 0.1) is 56.4 Å². The first-order valence-corrected chi connectivity index (χ1v) is 35.5. The number of imidazole rings is 3. The van der Waals surface area contributed by atoms with Gasteiger partial charge in [0.2, 0.25) is 23.6 Å². The van der Waals surface area contributed by atoms with Crippen LogP contribution in [0.5, 0.6) is 11.5 Å². The van der Waals surface area contributed by atoms with E-state index in [1.54, 1.807) is 139 Å². The molecule has 31 heteroatoms. The largest absolute Gasteiger partial charge is 0.489 e. The maximum Gasteiger partial charge on any atom is 0.410 e. The van der Waals surface area contributed by atoms with Crippen molar-refractivity contribution in [3.63, 3.8) is 0 Å². The fraction of sp³-hybridized carbons (Fsp3) is 0.468. The number of carbonyl (C=O) groups excluding carboxylic acids is 7. The molecule has 2 aliphatic heterocycles. The van der Waals surface area contributed by atoms with Crippen molar-refractivity contribution in [2.24, 2.45) is 27.1 Å². The lowest BCUT2D eigenvalue weighted by atomic mass is 10.1. The van der Waals surface area contributed by atoms with Gasteiger partial charge in [-0.1, -0.05) is 38.1 Å². The Morgan fingerprint density at radius 1 is 0.556 bits per heavy atom. The van der Waals surface area contributed by atoms with Crippen LogP contribution in [0.3, 0.4) is 0 Å². The molecule has 2 fully saturated rings. The molecule has 0 bridgehead atoms. The van der Waals surface area contributed by atoms with Crippen LogP contribution in [-0.2, 0) is 67.4 Å². The number of halogens is 4. The van der Waals surface area contributed by atoms with Crippen LogP contribution in [0, 0.1) is 29.2 Å². The standard InChI is InChI=1S/C38H50F2N6O7.C34H43F2N5O5.C5H6N2O2/c1-24(44(7)37(50)53-38(3,4)5)34(47)42-33(25(2)51-8)36(49)46-21-31(52-30-15-13-28(40)14-16-30)19-29(46)20-45(35(48)32-22-43(6)23-41-32)18-17-26-9-11-27(39)12-10-26;1-6-22(2)32(42)38-31(23(3)45-5)34(44)41-19-29(46-28-13-11-26(36)12-14-28)17-27(41)18-40(33(43)30-20-39(4)21-37-30)16-15-24-7-9-25(35)10-8-24;1-7-2-4(5(8)9)6-3-7/h9-16,22-25,29,31,33H,17-21H2,1-8H3,(H,42,47);7-14,20-23,27,29,31H,6,15-19H2,1-5H3,(H,38,42);2-3H,1H3,(H,8,9)/t24-,25+,29-,31-,33-;22-,23-,27+,29+,31+;/m01./s1. The lowest BCUT2D eigenvalue weighted by Crippen LogP contribution is -2.59. The SMILES string of the molecule is CC[C@@H](C)C(=O)N[C@H](C(=O)N1C[C@@H](Oc2ccc(F)cc2)C[C@H]1CN(CCc1ccc(F)cc1)C(=O)c1cn(C)cn1)[C@@H](C)OC.CO[C@H](C)[C@H](NC(=O)[C@H](C)N(C)C(=O)OC(C)(C)C)C(=O)N1C[C@@H](Oc2ccc(F)cc2)C[C@H]1CN(CCc1ccc(F)cc1)C(=O)c1cn(C)cn1.Cn1cnc(C(=O)O)c1. The van der Waals surface area contributed by atoms with Crippen molar-refractivity contribution in [1.29, 1.82) is 0 Å². The second kappa shape index (κ2) is 39.2. The molecule has 2 aliphatic rings. The van der Waals surface area contributed by atoms with Crippen LogP contribution in [0.4, 0.5) is 22.4 Å². The molecule has 2 saturated heterocycles. The summed E-state index contributed by atoms with van der Waals surface area (Å²) in [4.78, 5) is 126. The minimum absolute atomic E-state index is 0.0748. The van der Waals surface area contributed by atoms with Gasteiger partial charge < -0.3 is 72.7 Å². The van der Waals surface area contributed by atoms with E-state index in [1.165, 1.54) is 120 Å². The van der Waals surface area contributed by atoms with E-state index in [0.717, 1.165) is 16.0 Å². The number of rotatable bonds is 29. The highest BCUT2D eigenvalue weighted by molar-refractivity contribution is 5.94. The van der Waals surface area contributed by atoms with Crippen LogP contribution in [0.15, 0.2) is 135 Å². The Balaban J connectivity index is 0.000000271. The normalized spacial score (nSPS) is 17.1. The van der Waals surface area contributed by atoms with Gasteiger partial charge in [0.15, 0.2) is 5.69 Å². The second-order valence-electron chi connectivity index (χ2n) is 27.9. The molecule has 0 spiro atoms. The topological polar surface area (TPSA) is 297 Å². The van der Waals surface area contributed by atoms with Crippen molar-refractivity contribution in [3.05, 3.63) is 186 Å². The zero-order chi connectivity index (χ0) is 79.3. The number of benzene rings is 4. The average molecular weight is 1510 g/mol. The van der Waals surface area contributed by atoms with Gasteiger partial charge in [-0.15, -0.1) is 0 Å². The zero-order valence-electron chi connectivity index (χ0n) is 63.4. The first-order valence-electron chi connectivity index (χ1n) is 35.5. The summed E-state index contributed by atoms with van der Waals surface area (Å²) in [6.45, 7) is 14.7. The maximum atomic E-state index is 14.6. The number of aromatic nitrogens is 6. The summed E-state index contributed by atoms with van der Waals surface area (Å²) in [5.74, 6) is -4.39. The molecule has 3 aromatic heterocycles. The molecular weight excluding hydrogens is 1410 g/mol. The smallest absolute Gasteiger partial charge is 0.410 e. The summed E-state index contributed by atoms with van der Waals surface area (Å²) in [5, 5.41) is 14.0. The van der Waals surface area contributed by atoms with Crippen LogP contribution >= 0.6 is 0 Å². The van der Waals surface area contributed by atoms with Gasteiger partial charge in [0.1, 0.15) is 82.1 Å². The Morgan fingerprint density at radius 3 is 1.22 bits per heavy atom. The highest BCUT2D eigenvalue weighted by Gasteiger charge is 2.45. The van der Waals surface area contributed by atoms with Crippen LogP contribution in [0.2, 0.25) is 0 Å². The highest BCUT2D eigenvalue weighted by Crippen LogP contribution is 2.29. The number of ether oxygens (including phenoxy) is 5. The fourth-order valence-electron chi connectivity index (χ4n) is 11.8. The number of methoxy groups -OCH3 is 2. The number of aryl methyl sites for hydroxylation is 3. The molecule has 3 N–H and O–H groups in total. The Morgan fingerprint density at radius 2 is 0.907 bits per heavy atom. The zero-order valence-corrected chi connectivity index (χ0v) is 63.4. The molecule has 584 valence electrons. The molecule has 10 atom stereocenters. The summed E-state index contributed by atoms with van der Waals surface area (Å²) in [6, 6.07) is 19.0. The quantitative estimate of drug-likeness (QED) is 0.0371. The summed E-state index contributed by atoms with van der Waals surface area (Å²) in [5.41, 5.74) is 1.42. The molecule has 0 unspecified atom stereocenters. The summed E-state index contributed by atoms with van der Waals surface area (Å²) in [6.07, 6.45) is 8.15. The van der Waals surface area contributed by atoms with Crippen LogP contribution in [0.1, 0.15) is 117 Å². The van der Waals surface area contributed by atoms with E-state index in [0.29, 0.717) is 43.6 Å². The lowest BCUT2D eigenvalue weighted by molar-refractivity contribution is -0.142. The molecular formula is C77H99F4N13O14. The summed E-state index contributed by atoms with van der Waals surface area (Å²) < 4.78 is 88.3. The van der Waals surface area contributed by atoms with Gasteiger partial charge in [-0.05, 0) is 145 Å². The minimum atomic E-state index is -1.19. The van der Waals surface area contributed by atoms with Crippen LogP contribution in [0.25, 0.3) is 0 Å². The van der Waals surface area contributed by atoms with E-state index in [1.807, 2.05) is 6.92 Å². The number of nitrogens with zero attached hydrogens (tertiary/aromatic N) is 11. The Labute approximate surface area is 626 Å². The van der Waals surface area contributed by atoms with Crippen molar-refractivity contribution in [2.75, 3.05) is 60.5 Å². The van der Waals surface area contributed by atoms with Crippen molar-refractivity contribution < 1.29 is 84.7 Å². The predicted molar refractivity (Wildman–Crippen MR) is 390 cm³/mol. The molecule has 7 aromatic rings. The van der Waals surface area contributed by atoms with E-state index in [-0.39, 0.29) is 97.5 Å². The van der Waals surface area contributed by atoms with Crippen LogP contribution < -0.4 is 20.1 Å². The van der Waals surface area contributed by atoms with Gasteiger partial charge >= 0.3 is 12.1 Å². The molecule has 108 heavy (non-hydrogen) atoms. The van der Waals surface area contributed by atoms with Gasteiger partial charge in [-0.25, -0.2) is 42.1 Å². The molecule has 5 heterocycles. The number of amides is 7. The van der Waals surface area contributed by atoms with E-state index in [9.17, 15) is 55.9 Å². The van der Waals surface area contributed by atoms with Gasteiger partial charge in [0.25, 0.3) is 11.8 Å². The third-order valence-corrected chi connectivity index (χ3v) is 18.4. The Hall–Kier alpha value is -10.7. The fourth-order valence-corrected chi connectivity index (χ4v) is 11.8. The third kappa shape index (κ3) is 24.7. The molecule has 0 aliphatic carbocycles. The number of likely N-dealkylation sites (N-methyl/N-ethyl adjacent to an activating group) is 1. The average Bonchev–Trinajstić information content (AvgIpc) is 1.65. The summed E-state index contributed by atoms with van der Waals surface area (Å²) >= 11 is 0. The Kier molecular flexibility index (Phi) is 30.7. The molecule has 0 radical (unpaired) electrons. The van der Waals surface area contributed by atoms with E-state index in [2.05, 4.69) is 25.6 Å². The van der Waals surface area contributed by atoms with Gasteiger partial charge in [0, 0.05) is 106 Å². The third-order valence-electron chi connectivity index (χ3n) is 18.4. The number of hydrogen-bond acceptors (Lipinski definition) is 16. The number of nitrogens with one attached hydrogen (secondary N) is 2. The molecule has 27 nitrogen and oxygen atoms in total. The predicted octanol–water partition coefficient (Wildman–Crippen LogP) is 8.32. The molecule has 9 rings (SSSR count). The number of hydrogen-bond donors (Lipinski definition) is 3. The maximum absolute atomic E-state index is 14.6.